The third kappa shape index (κ3) is 4.64. The molecule has 0 bridgehead atoms. The van der Waals surface area contributed by atoms with Gasteiger partial charge in [0.05, 0.1) is 24.0 Å². The smallest absolute Gasteiger partial charge is 0.416 e. The zero-order valence-corrected chi connectivity index (χ0v) is 16.2. The van der Waals surface area contributed by atoms with E-state index < -0.39 is 22.4 Å². The second-order valence-corrected chi connectivity index (χ2v) is 6.81. The second kappa shape index (κ2) is 8.60. The zero-order valence-electron chi connectivity index (χ0n) is 16.2. The van der Waals surface area contributed by atoms with Gasteiger partial charge in [0.25, 0.3) is 5.69 Å². The molecule has 1 amide bonds. The first-order valence-electron chi connectivity index (χ1n) is 9.21. The summed E-state index contributed by atoms with van der Waals surface area (Å²) < 4.78 is 43.9. The number of benzene rings is 2. The number of anilines is 1. The van der Waals surface area contributed by atoms with Crippen molar-refractivity contribution in [3.05, 3.63) is 63.7 Å². The van der Waals surface area contributed by atoms with Gasteiger partial charge in [-0.2, -0.15) is 13.2 Å². The van der Waals surface area contributed by atoms with Gasteiger partial charge in [-0.15, -0.1) is 0 Å². The third-order valence-electron chi connectivity index (χ3n) is 5.01. The van der Waals surface area contributed by atoms with E-state index in [-0.39, 0.29) is 31.1 Å². The summed E-state index contributed by atoms with van der Waals surface area (Å²) in [7, 11) is 1.53. The molecule has 0 unspecified atom stereocenters. The minimum Gasteiger partial charge on any atom is -0.496 e. The molecule has 1 saturated heterocycles. The molecular weight excluding hydrogens is 403 g/mol. The maximum Gasteiger partial charge on any atom is 0.416 e. The molecule has 1 aliphatic heterocycles. The van der Waals surface area contributed by atoms with Crippen LogP contribution in [0.1, 0.15) is 11.1 Å². The normalized spacial score (nSPS) is 14.5. The standard InChI is InChI=1S/C20H20F3N3O4/c1-30-18-5-3-2-4-14(18)12-19(27)25-10-8-24(9-11-25)16-7-6-15(20(21,22)23)13-17(16)26(28)29/h2-7,13H,8-12H2,1H3. The van der Waals surface area contributed by atoms with E-state index in [0.29, 0.717) is 24.9 Å². The Hall–Kier alpha value is -3.30. The Morgan fingerprint density at radius 2 is 1.80 bits per heavy atom. The zero-order chi connectivity index (χ0) is 21.9. The number of methoxy groups -OCH3 is 1. The molecule has 160 valence electrons. The van der Waals surface area contributed by atoms with Crippen LogP contribution in [-0.2, 0) is 17.4 Å². The molecule has 0 radical (unpaired) electrons. The number of nitrogens with zero attached hydrogens (tertiary/aromatic N) is 3. The Bertz CT molecular complexity index is 941. The average molecular weight is 423 g/mol. The minimum atomic E-state index is -4.66. The molecule has 0 aromatic heterocycles. The van der Waals surface area contributed by atoms with E-state index in [4.69, 9.17) is 4.74 Å². The average Bonchev–Trinajstić information content (AvgIpc) is 2.73. The van der Waals surface area contributed by atoms with Crippen molar-refractivity contribution >= 4 is 17.3 Å². The van der Waals surface area contributed by atoms with Crippen molar-refractivity contribution in [3.63, 3.8) is 0 Å². The number of halogens is 3. The maximum atomic E-state index is 12.9. The van der Waals surface area contributed by atoms with Gasteiger partial charge in [-0.25, -0.2) is 0 Å². The molecule has 2 aromatic rings. The van der Waals surface area contributed by atoms with Crippen molar-refractivity contribution in [2.75, 3.05) is 38.2 Å². The lowest BCUT2D eigenvalue weighted by Gasteiger charge is -2.36. The fourth-order valence-corrected chi connectivity index (χ4v) is 3.43. The lowest BCUT2D eigenvalue weighted by molar-refractivity contribution is -0.384. The first-order valence-corrected chi connectivity index (χ1v) is 9.21. The van der Waals surface area contributed by atoms with E-state index in [9.17, 15) is 28.1 Å². The molecule has 30 heavy (non-hydrogen) atoms. The largest absolute Gasteiger partial charge is 0.496 e. The predicted molar refractivity (Wildman–Crippen MR) is 104 cm³/mol. The number of hydrogen-bond acceptors (Lipinski definition) is 5. The number of rotatable bonds is 5. The second-order valence-electron chi connectivity index (χ2n) is 6.81. The molecule has 10 heteroatoms. The summed E-state index contributed by atoms with van der Waals surface area (Å²) in [6, 6.07) is 9.70. The van der Waals surface area contributed by atoms with Gasteiger partial charge < -0.3 is 14.5 Å². The van der Waals surface area contributed by atoms with E-state index in [0.717, 1.165) is 17.7 Å². The summed E-state index contributed by atoms with van der Waals surface area (Å²) in [4.78, 5) is 26.4. The number of para-hydroxylation sites is 1. The molecule has 1 heterocycles. The van der Waals surface area contributed by atoms with Crippen molar-refractivity contribution in [2.24, 2.45) is 0 Å². The molecule has 0 N–H and O–H groups in total. The van der Waals surface area contributed by atoms with Gasteiger partial charge in [-0.3, -0.25) is 14.9 Å². The molecule has 0 aliphatic carbocycles. The van der Waals surface area contributed by atoms with Crippen LogP contribution in [0.15, 0.2) is 42.5 Å². The highest BCUT2D eigenvalue weighted by molar-refractivity contribution is 5.80. The highest BCUT2D eigenvalue weighted by Crippen LogP contribution is 2.36. The Morgan fingerprint density at radius 1 is 1.13 bits per heavy atom. The van der Waals surface area contributed by atoms with E-state index in [1.54, 1.807) is 21.9 Å². The van der Waals surface area contributed by atoms with Crippen molar-refractivity contribution in [2.45, 2.75) is 12.6 Å². The molecule has 0 saturated carbocycles. The van der Waals surface area contributed by atoms with Crippen LogP contribution >= 0.6 is 0 Å². The maximum absolute atomic E-state index is 12.9. The summed E-state index contributed by atoms with van der Waals surface area (Å²) in [5.74, 6) is 0.505. The highest BCUT2D eigenvalue weighted by Gasteiger charge is 2.34. The molecule has 0 spiro atoms. The van der Waals surface area contributed by atoms with Crippen molar-refractivity contribution < 1.29 is 27.6 Å². The summed E-state index contributed by atoms with van der Waals surface area (Å²) in [5, 5.41) is 11.3. The van der Waals surface area contributed by atoms with E-state index in [1.165, 1.54) is 7.11 Å². The van der Waals surface area contributed by atoms with Gasteiger partial charge in [0, 0.05) is 37.8 Å². The Balaban J connectivity index is 1.69. The quantitative estimate of drug-likeness (QED) is 0.543. The first kappa shape index (κ1) is 21.4. The third-order valence-corrected chi connectivity index (χ3v) is 5.01. The molecule has 0 atom stereocenters. The van der Waals surface area contributed by atoms with Crippen LogP contribution in [0.5, 0.6) is 5.75 Å². The van der Waals surface area contributed by atoms with Crippen molar-refractivity contribution in [1.82, 2.24) is 4.90 Å². The van der Waals surface area contributed by atoms with Gasteiger partial charge in [-0.05, 0) is 18.2 Å². The number of amides is 1. The summed E-state index contributed by atoms with van der Waals surface area (Å²) >= 11 is 0. The van der Waals surface area contributed by atoms with Crippen LogP contribution in [0.3, 0.4) is 0 Å². The van der Waals surface area contributed by atoms with Crippen molar-refractivity contribution in [1.29, 1.82) is 0 Å². The van der Waals surface area contributed by atoms with Crippen molar-refractivity contribution in [3.8, 4) is 5.75 Å². The molecular formula is C20H20F3N3O4. The van der Waals surface area contributed by atoms with E-state index in [2.05, 4.69) is 0 Å². The van der Waals surface area contributed by atoms with E-state index >= 15 is 0 Å². The number of hydrogen-bond donors (Lipinski definition) is 0. The van der Waals surface area contributed by atoms with Gasteiger partial charge in [0.2, 0.25) is 5.91 Å². The Kier molecular flexibility index (Phi) is 6.14. The lowest BCUT2D eigenvalue weighted by atomic mass is 10.1. The lowest BCUT2D eigenvalue weighted by Crippen LogP contribution is -2.49. The monoisotopic (exact) mass is 423 g/mol. The van der Waals surface area contributed by atoms with Gasteiger partial charge in [0.1, 0.15) is 11.4 Å². The molecule has 2 aromatic carbocycles. The van der Waals surface area contributed by atoms with E-state index in [1.807, 2.05) is 12.1 Å². The summed E-state index contributed by atoms with van der Waals surface area (Å²) in [6.07, 6.45) is -4.50. The van der Waals surface area contributed by atoms with Crippen LogP contribution in [0.2, 0.25) is 0 Å². The SMILES string of the molecule is COc1ccccc1CC(=O)N1CCN(c2ccc(C(F)(F)F)cc2[N+](=O)[O-])CC1. The number of carbonyl (C=O) groups excluding carboxylic acids is 1. The summed E-state index contributed by atoms with van der Waals surface area (Å²) in [5.41, 5.74) is -0.794. The number of carbonyl (C=O) groups is 1. The highest BCUT2D eigenvalue weighted by atomic mass is 19.4. The fourth-order valence-electron chi connectivity index (χ4n) is 3.43. The minimum absolute atomic E-state index is 0.110. The Morgan fingerprint density at radius 3 is 2.40 bits per heavy atom. The number of nitro benzene ring substituents is 1. The number of alkyl halides is 3. The summed E-state index contributed by atoms with van der Waals surface area (Å²) in [6.45, 7) is 1.19. The first-order chi connectivity index (χ1) is 14.2. The van der Waals surface area contributed by atoms with Gasteiger partial charge >= 0.3 is 6.18 Å². The number of ether oxygens (including phenoxy) is 1. The molecule has 3 rings (SSSR count). The molecule has 1 fully saturated rings. The molecule has 1 aliphatic rings. The van der Waals surface area contributed by atoms with Crippen LogP contribution < -0.4 is 9.64 Å². The van der Waals surface area contributed by atoms with Crippen LogP contribution in [0, 0.1) is 10.1 Å². The number of nitro groups is 1. The van der Waals surface area contributed by atoms with Gasteiger partial charge in [-0.1, -0.05) is 18.2 Å². The Labute approximate surface area is 170 Å². The predicted octanol–water partition coefficient (Wildman–Crippen LogP) is 3.51. The van der Waals surface area contributed by atoms with Crippen LogP contribution in [-0.4, -0.2) is 49.0 Å². The molecule has 7 nitrogen and oxygen atoms in total. The van der Waals surface area contributed by atoms with Crippen LogP contribution in [0.4, 0.5) is 24.5 Å². The van der Waals surface area contributed by atoms with Gasteiger partial charge in [0.15, 0.2) is 0 Å². The van der Waals surface area contributed by atoms with Crippen LogP contribution in [0.25, 0.3) is 0 Å². The topological polar surface area (TPSA) is 75.9 Å². The fraction of sp³-hybridized carbons (Fsp3) is 0.350. The number of piperazine rings is 1.